The minimum atomic E-state index is -0.261. The molecule has 0 aliphatic heterocycles. The number of fused-ring (bicyclic) bond motifs is 1. The molecule has 0 aliphatic carbocycles. The van der Waals surface area contributed by atoms with Crippen molar-refractivity contribution in [3.8, 4) is 11.3 Å². The molecule has 146 valence electrons. The van der Waals surface area contributed by atoms with Gasteiger partial charge < -0.3 is 15.2 Å². The maximum Gasteiger partial charge on any atom is 0.247 e. The van der Waals surface area contributed by atoms with Crippen LogP contribution >= 0.6 is 11.6 Å². The molecule has 0 unspecified atom stereocenters. The number of hydrogen-bond acceptors (Lipinski definition) is 5. The number of anilines is 3. The molecular formula is C20H18ClN7O. The van der Waals surface area contributed by atoms with Crippen molar-refractivity contribution in [2.45, 2.75) is 0 Å². The molecule has 8 nitrogen and oxygen atoms in total. The van der Waals surface area contributed by atoms with Crippen molar-refractivity contribution in [2.75, 3.05) is 10.6 Å². The largest absolute Gasteiger partial charge is 0.350 e. The van der Waals surface area contributed by atoms with E-state index in [-0.39, 0.29) is 5.91 Å². The summed E-state index contributed by atoms with van der Waals surface area (Å²) in [6.45, 7) is 3.47. The second-order valence-electron chi connectivity index (χ2n) is 6.43. The highest BCUT2D eigenvalue weighted by Gasteiger charge is 2.16. The highest BCUT2D eigenvalue weighted by molar-refractivity contribution is 6.33. The van der Waals surface area contributed by atoms with Gasteiger partial charge in [0.1, 0.15) is 5.82 Å². The highest BCUT2D eigenvalue weighted by atomic mass is 35.5. The van der Waals surface area contributed by atoms with Crippen molar-refractivity contribution in [1.82, 2.24) is 24.3 Å². The molecule has 4 aromatic rings. The van der Waals surface area contributed by atoms with E-state index in [0.29, 0.717) is 22.4 Å². The zero-order valence-electron chi connectivity index (χ0n) is 15.8. The van der Waals surface area contributed by atoms with Crippen LogP contribution < -0.4 is 10.6 Å². The number of nitrogens with one attached hydrogen (secondary N) is 2. The Bertz CT molecular complexity index is 1240. The second kappa shape index (κ2) is 7.40. The first-order valence-electron chi connectivity index (χ1n) is 8.76. The molecule has 0 aliphatic rings. The van der Waals surface area contributed by atoms with Crippen molar-refractivity contribution in [1.29, 1.82) is 0 Å². The average molecular weight is 408 g/mol. The van der Waals surface area contributed by atoms with Crippen LogP contribution in [0, 0.1) is 0 Å². The van der Waals surface area contributed by atoms with E-state index in [1.807, 2.05) is 49.1 Å². The van der Waals surface area contributed by atoms with Crippen LogP contribution in [0.25, 0.3) is 22.2 Å². The Balaban J connectivity index is 1.76. The number of benzene rings is 1. The van der Waals surface area contributed by atoms with Crippen LogP contribution in [0.3, 0.4) is 0 Å². The molecular weight excluding hydrogens is 390 g/mol. The van der Waals surface area contributed by atoms with Crippen molar-refractivity contribution in [3.63, 3.8) is 0 Å². The molecule has 1 aromatic carbocycles. The van der Waals surface area contributed by atoms with Crippen LogP contribution in [-0.2, 0) is 18.9 Å². The standard InChI is InChI=1S/C20H18ClN7O/c1-4-18(29)24-12-5-6-13-14(11-27(2)16(13)9-12)19-15(21)10-22-20(26-19)25-17-7-8-23-28(17)3/h4-11H,1H2,2-3H3,(H,24,29)(H,22,25,26). The van der Waals surface area contributed by atoms with Gasteiger partial charge in [-0.15, -0.1) is 0 Å². The first-order chi connectivity index (χ1) is 14.0. The van der Waals surface area contributed by atoms with E-state index < -0.39 is 0 Å². The van der Waals surface area contributed by atoms with Gasteiger partial charge in [0.05, 0.1) is 28.6 Å². The predicted molar refractivity (Wildman–Crippen MR) is 114 cm³/mol. The van der Waals surface area contributed by atoms with Gasteiger partial charge >= 0.3 is 0 Å². The number of nitrogens with zero attached hydrogens (tertiary/aromatic N) is 5. The summed E-state index contributed by atoms with van der Waals surface area (Å²) in [5, 5.41) is 11.4. The molecule has 3 aromatic heterocycles. The third-order valence-electron chi connectivity index (χ3n) is 4.50. The summed E-state index contributed by atoms with van der Waals surface area (Å²) in [5.74, 6) is 0.919. The van der Waals surface area contributed by atoms with Gasteiger partial charge in [-0.25, -0.2) is 9.97 Å². The maximum absolute atomic E-state index is 11.6. The van der Waals surface area contributed by atoms with Crippen LogP contribution in [0.2, 0.25) is 5.02 Å². The Morgan fingerprint density at radius 1 is 1.28 bits per heavy atom. The van der Waals surface area contributed by atoms with E-state index >= 15 is 0 Å². The number of rotatable bonds is 5. The topological polar surface area (TPSA) is 89.7 Å². The molecule has 0 saturated heterocycles. The number of aromatic nitrogens is 5. The quantitative estimate of drug-likeness (QED) is 0.490. The van der Waals surface area contributed by atoms with Crippen molar-refractivity contribution < 1.29 is 4.79 Å². The van der Waals surface area contributed by atoms with Crippen molar-refractivity contribution >= 4 is 45.9 Å². The van der Waals surface area contributed by atoms with Gasteiger partial charge in [-0.1, -0.05) is 24.2 Å². The summed E-state index contributed by atoms with van der Waals surface area (Å²) in [6.07, 6.45) is 6.44. The zero-order chi connectivity index (χ0) is 20.5. The second-order valence-corrected chi connectivity index (χ2v) is 6.84. The van der Waals surface area contributed by atoms with Gasteiger partial charge in [-0.2, -0.15) is 5.10 Å². The molecule has 2 N–H and O–H groups in total. The number of halogens is 1. The lowest BCUT2D eigenvalue weighted by atomic mass is 10.1. The molecule has 0 bridgehead atoms. The Labute approximate surface area is 171 Å². The zero-order valence-corrected chi connectivity index (χ0v) is 16.6. The van der Waals surface area contributed by atoms with Crippen LogP contribution in [0.4, 0.5) is 17.5 Å². The van der Waals surface area contributed by atoms with Gasteiger partial charge in [-0.05, 0) is 18.2 Å². The molecule has 29 heavy (non-hydrogen) atoms. The fourth-order valence-electron chi connectivity index (χ4n) is 3.07. The Morgan fingerprint density at radius 3 is 2.83 bits per heavy atom. The van der Waals surface area contributed by atoms with Gasteiger partial charge in [0, 0.05) is 43.0 Å². The number of amides is 1. The minimum Gasteiger partial charge on any atom is -0.350 e. The molecule has 0 spiro atoms. The van der Waals surface area contributed by atoms with E-state index in [9.17, 15) is 4.79 Å². The molecule has 4 rings (SSSR count). The average Bonchev–Trinajstić information content (AvgIpc) is 3.26. The SMILES string of the molecule is C=CC(=O)Nc1ccc2c(-c3nc(Nc4ccnn4C)ncc3Cl)cn(C)c2c1. The van der Waals surface area contributed by atoms with Crippen molar-refractivity contribution in [3.05, 3.63) is 60.5 Å². The third-order valence-corrected chi connectivity index (χ3v) is 4.78. The number of aryl methyl sites for hydroxylation is 2. The lowest BCUT2D eigenvalue weighted by Crippen LogP contribution is -2.07. The Hall–Kier alpha value is -3.65. The van der Waals surface area contributed by atoms with Crippen molar-refractivity contribution in [2.24, 2.45) is 14.1 Å². The van der Waals surface area contributed by atoms with Gasteiger partial charge in [-0.3, -0.25) is 9.48 Å². The highest BCUT2D eigenvalue weighted by Crippen LogP contribution is 2.35. The summed E-state index contributed by atoms with van der Waals surface area (Å²) in [4.78, 5) is 20.5. The fraction of sp³-hybridized carbons (Fsp3) is 0.100. The molecule has 0 saturated carbocycles. The molecule has 0 atom stereocenters. The van der Waals surface area contributed by atoms with E-state index in [1.165, 1.54) is 6.08 Å². The maximum atomic E-state index is 11.6. The van der Waals surface area contributed by atoms with Crippen LogP contribution in [-0.4, -0.2) is 30.2 Å². The summed E-state index contributed by atoms with van der Waals surface area (Å²) in [7, 11) is 3.75. The monoisotopic (exact) mass is 407 g/mol. The van der Waals surface area contributed by atoms with E-state index in [4.69, 9.17) is 11.6 Å². The van der Waals surface area contributed by atoms with Gasteiger partial charge in [0.2, 0.25) is 11.9 Å². The van der Waals surface area contributed by atoms with Crippen LogP contribution in [0.15, 0.2) is 55.5 Å². The first kappa shape index (κ1) is 18.7. The number of carbonyl (C=O) groups excluding carboxylic acids is 1. The Kier molecular flexibility index (Phi) is 4.77. The summed E-state index contributed by atoms with van der Waals surface area (Å²) in [5.41, 5.74) is 3.09. The summed E-state index contributed by atoms with van der Waals surface area (Å²) >= 11 is 6.42. The molecule has 1 amide bonds. The molecule has 3 heterocycles. The summed E-state index contributed by atoms with van der Waals surface area (Å²) < 4.78 is 3.65. The lowest BCUT2D eigenvalue weighted by Gasteiger charge is -2.08. The van der Waals surface area contributed by atoms with E-state index in [0.717, 1.165) is 22.3 Å². The Morgan fingerprint density at radius 2 is 2.10 bits per heavy atom. The fourth-order valence-corrected chi connectivity index (χ4v) is 3.26. The lowest BCUT2D eigenvalue weighted by molar-refractivity contribution is -0.111. The van der Waals surface area contributed by atoms with Gasteiger partial charge in [0.15, 0.2) is 0 Å². The summed E-state index contributed by atoms with van der Waals surface area (Å²) in [6, 6.07) is 7.48. The number of hydrogen-bond donors (Lipinski definition) is 2. The van der Waals surface area contributed by atoms with Crippen LogP contribution in [0.5, 0.6) is 0 Å². The normalized spacial score (nSPS) is 10.9. The third kappa shape index (κ3) is 3.57. The molecule has 0 radical (unpaired) electrons. The smallest absolute Gasteiger partial charge is 0.247 e. The predicted octanol–water partition coefficient (Wildman–Crippen LogP) is 3.89. The molecule has 0 fully saturated rings. The number of carbonyl (C=O) groups is 1. The van der Waals surface area contributed by atoms with Crippen LogP contribution in [0.1, 0.15) is 0 Å². The van der Waals surface area contributed by atoms with E-state index in [2.05, 4.69) is 32.3 Å². The first-order valence-corrected chi connectivity index (χ1v) is 9.14. The van der Waals surface area contributed by atoms with E-state index in [1.54, 1.807) is 17.1 Å². The molecule has 9 heteroatoms. The van der Waals surface area contributed by atoms with Gasteiger partial charge in [0.25, 0.3) is 0 Å². The minimum absolute atomic E-state index is 0.261.